The molecule has 0 saturated heterocycles. The number of hydrogen-bond acceptors (Lipinski definition) is 3. The summed E-state index contributed by atoms with van der Waals surface area (Å²) in [6, 6.07) is 18.0. The highest BCUT2D eigenvalue weighted by molar-refractivity contribution is 5.36. The second-order valence-electron chi connectivity index (χ2n) is 4.98. The van der Waals surface area contributed by atoms with Gasteiger partial charge >= 0.3 is 0 Å². The van der Waals surface area contributed by atoms with Crippen molar-refractivity contribution in [3.63, 3.8) is 0 Å². The summed E-state index contributed by atoms with van der Waals surface area (Å²) >= 11 is 0. The number of benzene rings is 2. The molecule has 0 bridgehead atoms. The van der Waals surface area contributed by atoms with Crippen molar-refractivity contribution in [1.29, 1.82) is 0 Å². The second kappa shape index (κ2) is 5.89. The van der Waals surface area contributed by atoms with E-state index in [4.69, 9.17) is 5.73 Å². The number of rotatable bonds is 4. The van der Waals surface area contributed by atoms with Crippen molar-refractivity contribution in [1.82, 2.24) is 15.0 Å². The molecule has 106 valence electrons. The molecule has 0 aliphatic carbocycles. The molecule has 0 spiro atoms. The van der Waals surface area contributed by atoms with Crippen molar-refractivity contribution in [3.05, 3.63) is 77.6 Å². The van der Waals surface area contributed by atoms with Crippen LogP contribution < -0.4 is 5.73 Å². The molecule has 0 amide bonds. The lowest BCUT2D eigenvalue weighted by Crippen LogP contribution is -2.16. The predicted octanol–water partition coefficient (Wildman–Crippen LogP) is 2.88. The van der Waals surface area contributed by atoms with Crippen molar-refractivity contribution in [3.8, 4) is 5.69 Å². The van der Waals surface area contributed by atoms with Crippen LogP contribution in [0.5, 0.6) is 0 Å². The number of nitrogens with two attached hydrogens (primary N) is 1. The standard InChI is InChI=1S/C17H18N4/c1-2-13-8-10-14(11-9-13)17(18)16-12-19-20-21(16)15-6-4-3-5-7-15/h3-12,17H,2,18H2,1H3. The zero-order valence-electron chi connectivity index (χ0n) is 12.0. The van der Waals surface area contributed by atoms with Crippen LogP contribution >= 0.6 is 0 Å². The van der Waals surface area contributed by atoms with E-state index in [1.54, 1.807) is 10.9 Å². The van der Waals surface area contributed by atoms with Crippen LogP contribution in [0.15, 0.2) is 60.8 Å². The number of hydrogen-bond donors (Lipinski definition) is 1. The van der Waals surface area contributed by atoms with E-state index in [-0.39, 0.29) is 6.04 Å². The van der Waals surface area contributed by atoms with Gasteiger partial charge in [-0.2, -0.15) is 0 Å². The molecule has 2 N–H and O–H groups in total. The average Bonchev–Trinajstić information content (AvgIpc) is 3.04. The van der Waals surface area contributed by atoms with Gasteiger partial charge in [0.1, 0.15) is 0 Å². The second-order valence-corrected chi connectivity index (χ2v) is 4.98. The van der Waals surface area contributed by atoms with E-state index in [1.807, 2.05) is 30.3 Å². The van der Waals surface area contributed by atoms with E-state index in [0.29, 0.717) is 0 Å². The first-order valence-corrected chi connectivity index (χ1v) is 7.10. The molecule has 1 atom stereocenters. The Morgan fingerprint density at radius 3 is 2.43 bits per heavy atom. The van der Waals surface area contributed by atoms with Crippen LogP contribution in [0.25, 0.3) is 5.69 Å². The van der Waals surface area contributed by atoms with E-state index < -0.39 is 0 Å². The minimum atomic E-state index is -0.244. The lowest BCUT2D eigenvalue weighted by molar-refractivity contribution is 0.719. The summed E-state index contributed by atoms with van der Waals surface area (Å²) in [7, 11) is 0. The number of aromatic nitrogens is 3. The molecule has 0 radical (unpaired) electrons. The Kier molecular flexibility index (Phi) is 3.79. The fourth-order valence-electron chi connectivity index (χ4n) is 2.36. The van der Waals surface area contributed by atoms with Crippen molar-refractivity contribution in [2.24, 2.45) is 5.73 Å². The Morgan fingerprint density at radius 1 is 1.05 bits per heavy atom. The lowest BCUT2D eigenvalue weighted by Gasteiger charge is -2.14. The predicted molar refractivity (Wildman–Crippen MR) is 83.2 cm³/mol. The summed E-state index contributed by atoms with van der Waals surface area (Å²) in [6.07, 6.45) is 2.75. The van der Waals surface area contributed by atoms with Gasteiger partial charge in [0.15, 0.2) is 0 Å². The fraction of sp³-hybridized carbons (Fsp3) is 0.176. The van der Waals surface area contributed by atoms with Gasteiger partial charge in [-0.1, -0.05) is 54.6 Å². The van der Waals surface area contributed by atoms with E-state index in [0.717, 1.165) is 23.4 Å². The van der Waals surface area contributed by atoms with Crippen LogP contribution in [-0.2, 0) is 6.42 Å². The molecule has 1 heterocycles. The monoisotopic (exact) mass is 278 g/mol. The van der Waals surface area contributed by atoms with Crippen LogP contribution in [0, 0.1) is 0 Å². The summed E-state index contributed by atoms with van der Waals surface area (Å²) in [6.45, 7) is 2.14. The first kappa shape index (κ1) is 13.5. The minimum Gasteiger partial charge on any atom is -0.319 e. The molecule has 0 aliphatic heterocycles. The van der Waals surface area contributed by atoms with E-state index >= 15 is 0 Å². The van der Waals surface area contributed by atoms with Crippen LogP contribution in [0.1, 0.15) is 29.8 Å². The first-order valence-electron chi connectivity index (χ1n) is 7.10. The van der Waals surface area contributed by atoms with Crippen molar-refractivity contribution in [2.45, 2.75) is 19.4 Å². The van der Waals surface area contributed by atoms with Crippen LogP contribution in [0.3, 0.4) is 0 Å². The van der Waals surface area contributed by atoms with Crippen molar-refractivity contribution < 1.29 is 0 Å². The van der Waals surface area contributed by atoms with Gasteiger partial charge < -0.3 is 5.73 Å². The minimum absolute atomic E-state index is 0.244. The van der Waals surface area contributed by atoms with Gasteiger partial charge in [0, 0.05) is 0 Å². The molecular weight excluding hydrogens is 260 g/mol. The zero-order chi connectivity index (χ0) is 14.7. The molecule has 0 aliphatic rings. The number of nitrogens with zero attached hydrogens (tertiary/aromatic N) is 3. The summed E-state index contributed by atoms with van der Waals surface area (Å²) in [5, 5.41) is 8.17. The third-order valence-corrected chi connectivity index (χ3v) is 3.64. The molecule has 0 fully saturated rings. The molecule has 2 aromatic carbocycles. The highest BCUT2D eigenvalue weighted by Gasteiger charge is 2.15. The smallest absolute Gasteiger partial charge is 0.0858 e. The Labute approximate surface area is 124 Å². The van der Waals surface area contributed by atoms with Gasteiger partial charge in [-0.3, -0.25) is 0 Å². The summed E-state index contributed by atoms with van der Waals surface area (Å²) in [4.78, 5) is 0. The van der Waals surface area contributed by atoms with Crippen molar-refractivity contribution in [2.75, 3.05) is 0 Å². The molecule has 1 aromatic heterocycles. The highest BCUT2D eigenvalue weighted by atomic mass is 15.4. The molecule has 21 heavy (non-hydrogen) atoms. The highest BCUT2D eigenvalue weighted by Crippen LogP contribution is 2.21. The molecule has 3 aromatic rings. The van der Waals surface area contributed by atoms with Gasteiger partial charge in [0.2, 0.25) is 0 Å². The van der Waals surface area contributed by atoms with Crippen LogP contribution in [0.2, 0.25) is 0 Å². The summed E-state index contributed by atoms with van der Waals surface area (Å²) in [5.41, 5.74) is 10.6. The lowest BCUT2D eigenvalue weighted by atomic mass is 10.0. The molecule has 3 rings (SSSR count). The topological polar surface area (TPSA) is 56.7 Å². The van der Waals surface area contributed by atoms with E-state index in [9.17, 15) is 0 Å². The molecule has 4 heteroatoms. The quantitative estimate of drug-likeness (QED) is 0.798. The maximum absolute atomic E-state index is 6.39. The van der Waals surface area contributed by atoms with Crippen LogP contribution in [0.4, 0.5) is 0 Å². The summed E-state index contributed by atoms with van der Waals surface area (Å²) < 4.78 is 1.79. The largest absolute Gasteiger partial charge is 0.319 e. The summed E-state index contributed by atoms with van der Waals surface area (Å²) in [5.74, 6) is 0. The van der Waals surface area contributed by atoms with E-state index in [1.165, 1.54) is 5.56 Å². The Bertz CT molecular complexity index is 701. The Hall–Kier alpha value is -2.46. The SMILES string of the molecule is CCc1ccc(C(N)c2cnnn2-c2ccccc2)cc1. The molecular formula is C17H18N4. The van der Waals surface area contributed by atoms with Gasteiger partial charge in [-0.15, -0.1) is 5.10 Å². The number of aryl methyl sites for hydroxylation is 1. The molecule has 0 saturated carbocycles. The third-order valence-electron chi connectivity index (χ3n) is 3.64. The first-order chi connectivity index (χ1) is 10.3. The third kappa shape index (κ3) is 2.71. The fourth-order valence-corrected chi connectivity index (χ4v) is 2.36. The maximum Gasteiger partial charge on any atom is 0.0858 e. The number of para-hydroxylation sites is 1. The van der Waals surface area contributed by atoms with Gasteiger partial charge in [-0.25, -0.2) is 4.68 Å². The normalized spacial score (nSPS) is 12.3. The van der Waals surface area contributed by atoms with Crippen LogP contribution in [-0.4, -0.2) is 15.0 Å². The Balaban J connectivity index is 1.95. The average molecular weight is 278 g/mol. The molecule has 1 unspecified atom stereocenters. The van der Waals surface area contributed by atoms with Crippen molar-refractivity contribution >= 4 is 0 Å². The van der Waals surface area contributed by atoms with E-state index in [2.05, 4.69) is 41.5 Å². The molecule has 4 nitrogen and oxygen atoms in total. The van der Waals surface area contributed by atoms with Gasteiger partial charge in [-0.05, 0) is 29.7 Å². The van der Waals surface area contributed by atoms with Gasteiger partial charge in [0.25, 0.3) is 0 Å². The maximum atomic E-state index is 6.39. The zero-order valence-corrected chi connectivity index (χ0v) is 12.0. The Morgan fingerprint density at radius 2 is 1.76 bits per heavy atom. The van der Waals surface area contributed by atoms with Gasteiger partial charge in [0.05, 0.1) is 23.6 Å².